The molecule has 3 rings (SSSR count). The molecule has 1 aliphatic rings. The quantitative estimate of drug-likeness (QED) is 0.919. The Morgan fingerprint density at radius 1 is 1.32 bits per heavy atom. The fraction of sp³-hybridized carbons (Fsp3) is 0.375. The van der Waals surface area contributed by atoms with Crippen molar-refractivity contribution in [1.82, 2.24) is 10.5 Å². The Hall–Kier alpha value is -2.50. The first-order valence-electron chi connectivity index (χ1n) is 7.35. The molecule has 1 aliphatic heterocycles. The molecule has 2 heterocycles. The van der Waals surface area contributed by atoms with E-state index in [1.807, 2.05) is 25.1 Å². The fourth-order valence-corrected chi connectivity index (χ4v) is 2.37. The van der Waals surface area contributed by atoms with Crippen molar-refractivity contribution in [3.8, 4) is 22.8 Å². The van der Waals surface area contributed by atoms with Gasteiger partial charge in [-0.05, 0) is 31.5 Å². The third-order valence-electron chi connectivity index (χ3n) is 3.50. The summed E-state index contributed by atoms with van der Waals surface area (Å²) in [6, 6.07) is 7.21. The molecule has 0 bridgehead atoms. The summed E-state index contributed by atoms with van der Waals surface area (Å²) >= 11 is 0. The standard InChI is InChI=1S/C16H18N2O4/c1-3-4-10(2)17-16(19)12-8-14(22-18-12)11-5-6-13-15(7-11)21-9-20-13/h5-8,10H,3-4,9H2,1-2H3,(H,17,19)/t10-/m0/s1. The van der Waals surface area contributed by atoms with Crippen LogP contribution in [0.5, 0.6) is 11.5 Å². The van der Waals surface area contributed by atoms with Gasteiger partial charge in [-0.1, -0.05) is 18.5 Å². The lowest BCUT2D eigenvalue weighted by atomic mass is 10.1. The minimum atomic E-state index is -0.225. The van der Waals surface area contributed by atoms with Crippen LogP contribution in [0, 0.1) is 0 Å². The van der Waals surface area contributed by atoms with E-state index in [1.54, 1.807) is 6.07 Å². The molecule has 22 heavy (non-hydrogen) atoms. The molecule has 116 valence electrons. The highest BCUT2D eigenvalue weighted by molar-refractivity contribution is 5.93. The van der Waals surface area contributed by atoms with Gasteiger partial charge >= 0.3 is 0 Å². The smallest absolute Gasteiger partial charge is 0.273 e. The minimum Gasteiger partial charge on any atom is -0.454 e. The van der Waals surface area contributed by atoms with E-state index in [-0.39, 0.29) is 24.4 Å². The highest BCUT2D eigenvalue weighted by atomic mass is 16.7. The van der Waals surface area contributed by atoms with Gasteiger partial charge in [0.25, 0.3) is 5.91 Å². The molecular formula is C16H18N2O4. The average Bonchev–Trinajstić information content (AvgIpc) is 3.15. The first kappa shape index (κ1) is 14.4. The number of ether oxygens (including phenoxy) is 2. The van der Waals surface area contributed by atoms with Gasteiger partial charge in [0.15, 0.2) is 23.0 Å². The predicted molar refractivity (Wildman–Crippen MR) is 79.9 cm³/mol. The van der Waals surface area contributed by atoms with Crippen molar-refractivity contribution in [3.05, 3.63) is 30.0 Å². The van der Waals surface area contributed by atoms with Crippen LogP contribution in [0.4, 0.5) is 0 Å². The molecule has 0 aliphatic carbocycles. The van der Waals surface area contributed by atoms with Gasteiger partial charge in [-0.15, -0.1) is 0 Å². The fourth-order valence-electron chi connectivity index (χ4n) is 2.37. The molecule has 0 saturated heterocycles. The molecular weight excluding hydrogens is 284 g/mol. The molecule has 0 unspecified atom stereocenters. The summed E-state index contributed by atoms with van der Waals surface area (Å²) in [7, 11) is 0. The summed E-state index contributed by atoms with van der Waals surface area (Å²) in [6.45, 7) is 4.27. The molecule has 0 spiro atoms. The third kappa shape index (κ3) is 2.90. The molecule has 1 atom stereocenters. The number of fused-ring (bicyclic) bond motifs is 1. The van der Waals surface area contributed by atoms with Crippen LogP contribution in [-0.2, 0) is 0 Å². The minimum absolute atomic E-state index is 0.114. The molecule has 1 N–H and O–H groups in total. The van der Waals surface area contributed by atoms with Crippen molar-refractivity contribution in [3.63, 3.8) is 0 Å². The van der Waals surface area contributed by atoms with Crippen molar-refractivity contribution in [1.29, 1.82) is 0 Å². The normalized spacial score (nSPS) is 13.9. The van der Waals surface area contributed by atoms with Crippen LogP contribution in [0.15, 0.2) is 28.8 Å². The third-order valence-corrected chi connectivity index (χ3v) is 3.50. The number of nitrogens with zero attached hydrogens (tertiary/aromatic N) is 1. The Morgan fingerprint density at radius 2 is 2.14 bits per heavy atom. The van der Waals surface area contributed by atoms with E-state index in [9.17, 15) is 4.79 Å². The number of benzene rings is 1. The molecule has 0 radical (unpaired) electrons. The lowest BCUT2D eigenvalue weighted by molar-refractivity contribution is 0.0929. The molecule has 2 aromatic rings. The van der Waals surface area contributed by atoms with Gasteiger partial charge in [-0.3, -0.25) is 4.79 Å². The SMILES string of the molecule is CCC[C@H](C)NC(=O)c1cc(-c2ccc3c(c2)OCO3)on1. The monoisotopic (exact) mass is 302 g/mol. The first-order chi connectivity index (χ1) is 10.7. The summed E-state index contributed by atoms with van der Waals surface area (Å²) in [4.78, 5) is 12.1. The van der Waals surface area contributed by atoms with Crippen molar-refractivity contribution in [2.75, 3.05) is 6.79 Å². The second kappa shape index (κ2) is 6.09. The Kier molecular flexibility index (Phi) is 4.00. The number of amides is 1. The van der Waals surface area contributed by atoms with E-state index in [2.05, 4.69) is 17.4 Å². The van der Waals surface area contributed by atoms with E-state index in [0.29, 0.717) is 17.3 Å². The van der Waals surface area contributed by atoms with Crippen LogP contribution in [0.25, 0.3) is 11.3 Å². The zero-order valence-corrected chi connectivity index (χ0v) is 12.6. The van der Waals surface area contributed by atoms with Crippen molar-refractivity contribution >= 4 is 5.91 Å². The number of carbonyl (C=O) groups is 1. The van der Waals surface area contributed by atoms with Crippen LogP contribution >= 0.6 is 0 Å². The van der Waals surface area contributed by atoms with E-state index in [1.165, 1.54) is 0 Å². The lowest BCUT2D eigenvalue weighted by Crippen LogP contribution is -2.32. The van der Waals surface area contributed by atoms with E-state index in [0.717, 1.165) is 18.4 Å². The number of carbonyl (C=O) groups excluding carboxylic acids is 1. The van der Waals surface area contributed by atoms with Crippen LogP contribution in [-0.4, -0.2) is 23.9 Å². The van der Waals surface area contributed by atoms with Gasteiger partial charge in [-0.25, -0.2) is 0 Å². The van der Waals surface area contributed by atoms with E-state index < -0.39 is 0 Å². The summed E-state index contributed by atoms with van der Waals surface area (Å²) in [6.07, 6.45) is 1.95. The van der Waals surface area contributed by atoms with Gasteiger partial charge < -0.3 is 19.3 Å². The predicted octanol–water partition coefficient (Wildman–Crippen LogP) is 2.99. The Labute approximate surface area is 128 Å². The van der Waals surface area contributed by atoms with Gasteiger partial charge in [0.2, 0.25) is 6.79 Å². The van der Waals surface area contributed by atoms with Crippen molar-refractivity contribution < 1.29 is 18.8 Å². The number of rotatable bonds is 5. The number of hydrogen-bond acceptors (Lipinski definition) is 5. The maximum Gasteiger partial charge on any atom is 0.273 e. The molecule has 1 amide bonds. The van der Waals surface area contributed by atoms with Gasteiger partial charge in [0.05, 0.1) is 0 Å². The number of hydrogen-bond donors (Lipinski definition) is 1. The molecule has 1 aromatic heterocycles. The van der Waals surface area contributed by atoms with Crippen LogP contribution < -0.4 is 14.8 Å². The van der Waals surface area contributed by atoms with E-state index >= 15 is 0 Å². The second-order valence-corrected chi connectivity index (χ2v) is 5.31. The molecule has 6 heteroatoms. The lowest BCUT2D eigenvalue weighted by Gasteiger charge is -2.10. The average molecular weight is 302 g/mol. The van der Waals surface area contributed by atoms with E-state index in [4.69, 9.17) is 14.0 Å². The van der Waals surface area contributed by atoms with Crippen LogP contribution in [0.3, 0.4) is 0 Å². The Morgan fingerprint density at radius 3 is 2.95 bits per heavy atom. The highest BCUT2D eigenvalue weighted by Gasteiger charge is 2.18. The van der Waals surface area contributed by atoms with Crippen LogP contribution in [0.1, 0.15) is 37.2 Å². The summed E-state index contributed by atoms with van der Waals surface area (Å²) in [5.74, 6) is 1.66. The Balaban J connectivity index is 1.75. The summed E-state index contributed by atoms with van der Waals surface area (Å²) < 4.78 is 15.9. The highest BCUT2D eigenvalue weighted by Crippen LogP contribution is 2.35. The molecule has 6 nitrogen and oxygen atoms in total. The van der Waals surface area contributed by atoms with Crippen molar-refractivity contribution in [2.45, 2.75) is 32.7 Å². The molecule has 0 fully saturated rings. The second-order valence-electron chi connectivity index (χ2n) is 5.31. The zero-order chi connectivity index (χ0) is 15.5. The van der Waals surface area contributed by atoms with Crippen LogP contribution in [0.2, 0.25) is 0 Å². The largest absolute Gasteiger partial charge is 0.454 e. The topological polar surface area (TPSA) is 73.6 Å². The maximum atomic E-state index is 12.1. The summed E-state index contributed by atoms with van der Waals surface area (Å²) in [5.41, 5.74) is 1.06. The Bertz CT molecular complexity index is 681. The maximum absolute atomic E-state index is 12.1. The number of nitrogens with one attached hydrogen (secondary N) is 1. The van der Waals surface area contributed by atoms with Gasteiger partial charge in [0, 0.05) is 17.7 Å². The van der Waals surface area contributed by atoms with Gasteiger partial charge in [0.1, 0.15) is 0 Å². The molecule has 0 saturated carbocycles. The first-order valence-corrected chi connectivity index (χ1v) is 7.35. The molecule has 1 aromatic carbocycles. The zero-order valence-electron chi connectivity index (χ0n) is 12.6. The number of aromatic nitrogens is 1. The summed E-state index contributed by atoms with van der Waals surface area (Å²) in [5, 5.41) is 6.74. The van der Waals surface area contributed by atoms with Gasteiger partial charge in [-0.2, -0.15) is 0 Å². The van der Waals surface area contributed by atoms with Crippen molar-refractivity contribution in [2.24, 2.45) is 0 Å².